The Morgan fingerprint density at radius 2 is 1.77 bits per heavy atom. The van der Waals surface area contributed by atoms with Crippen molar-refractivity contribution in [2.24, 2.45) is 17.3 Å². The van der Waals surface area contributed by atoms with Gasteiger partial charge in [-0.3, -0.25) is 4.79 Å². The van der Waals surface area contributed by atoms with Gasteiger partial charge in [0.25, 0.3) is 5.92 Å². The van der Waals surface area contributed by atoms with Crippen LogP contribution >= 0.6 is 0 Å². The number of carbonyl (C=O) groups is 3. The van der Waals surface area contributed by atoms with Crippen LogP contribution in [0.1, 0.15) is 78.3 Å². The lowest BCUT2D eigenvalue weighted by atomic mass is 9.85. The number of methoxy groups -OCH3 is 1. The average Bonchev–Trinajstić information content (AvgIpc) is 3.54. The maximum absolute atomic E-state index is 15.9. The average molecular weight is 617 g/mol. The molecule has 3 heterocycles. The Morgan fingerprint density at radius 3 is 2.45 bits per heavy atom. The van der Waals surface area contributed by atoms with E-state index in [2.05, 4.69) is 22.2 Å². The highest BCUT2D eigenvalue weighted by molar-refractivity contribution is 5.91. The Balaban J connectivity index is 1.55. The number of fused-ring (bicyclic) bond motifs is 5. The molecule has 1 saturated carbocycles. The van der Waals surface area contributed by atoms with Crippen LogP contribution in [0, 0.1) is 17.3 Å². The van der Waals surface area contributed by atoms with E-state index in [9.17, 15) is 14.4 Å². The van der Waals surface area contributed by atoms with Crippen molar-refractivity contribution in [3.8, 4) is 5.88 Å². The number of nitrogens with one attached hydrogen (secondary N) is 1. The predicted molar refractivity (Wildman–Crippen MR) is 157 cm³/mol. The molecule has 5 rings (SSSR count). The molecule has 2 aliphatic heterocycles. The van der Waals surface area contributed by atoms with Crippen LogP contribution in [0.2, 0.25) is 0 Å². The van der Waals surface area contributed by atoms with Gasteiger partial charge >= 0.3 is 12.1 Å². The first-order chi connectivity index (χ1) is 20.8. The standard InChI is InChI=1S/C32H42F2N4O6/c1-18-14-19-10-8-9-13-32(33,34)25-27(36-22-12-7-6-11-21(22)35-25)43-20-16-23(29(40)42-5)38(17-20)28(39)26(31(2,3)4)37-30(41)44-24(19)15-18/h6-7,11-12,18-20,23-24,26H,8-10,13-17H2,1-5H3,(H,37,41)/t18-,19-,20-,23+,24-,26-/m1/s1. The second-order valence-corrected chi connectivity index (χ2v) is 13.5. The highest BCUT2D eigenvalue weighted by Gasteiger charge is 2.48. The number of nitrogens with zero attached hydrogens (tertiary/aromatic N) is 3. The van der Waals surface area contributed by atoms with Gasteiger partial charge in [-0.2, -0.15) is 8.78 Å². The summed E-state index contributed by atoms with van der Waals surface area (Å²) >= 11 is 0. The van der Waals surface area contributed by atoms with Crippen molar-refractivity contribution in [2.45, 2.75) is 103 Å². The van der Waals surface area contributed by atoms with Gasteiger partial charge in [-0.1, -0.05) is 46.2 Å². The smallest absolute Gasteiger partial charge is 0.408 e. The van der Waals surface area contributed by atoms with E-state index in [0.29, 0.717) is 36.2 Å². The highest BCUT2D eigenvalue weighted by atomic mass is 19.3. The fourth-order valence-electron chi connectivity index (χ4n) is 6.73. The summed E-state index contributed by atoms with van der Waals surface area (Å²) in [5, 5.41) is 2.78. The molecule has 12 heteroatoms. The Bertz CT molecular complexity index is 1400. The third kappa shape index (κ3) is 6.73. The summed E-state index contributed by atoms with van der Waals surface area (Å²) in [6.45, 7) is 7.38. The quantitative estimate of drug-likeness (QED) is 0.425. The first kappa shape index (κ1) is 31.8. The fraction of sp³-hybridized carbons (Fsp3) is 0.656. The third-order valence-corrected chi connectivity index (χ3v) is 9.00. The van der Waals surface area contributed by atoms with E-state index in [-0.39, 0.29) is 37.3 Å². The first-order valence-corrected chi connectivity index (χ1v) is 15.4. The number of amides is 2. The lowest BCUT2D eigenvalue weighted by Crippen LogP contribution is -2.57. The number of hydrogen-bond acceptors (Lipinski definition) is 8. The molecule has 2 fully saturated rings. The van der Waals surface area contributed by atoms with Gasteiger partial charge in [0.05, 0.1) is 24.7 Å². The van der Waals surface area contributed by atoms with Gasteiger partial charge < -0.3 is 24.4 Å². The van der Waals surface area contributed by atoms with Gasteiger partial charge in [-0.25, -0.2) is 19.6 Å². The number of alkyl carbamates (subject to hydrolysis) is 1. The van der Waals surface area contributed by atoms with Crippen LogP contribution in [0.25, 0.3) is 11.0 Å². The number of benzene rings is 1. The van der Waals surface area contributed by atoms with Crippen molar-refractivity contribution < 1.29 is 37.4 Å². The molecule has 6 atom stereocenters. The van der Waals surface area contributed by atoms with Gasteiger partial charge in [-0.15, -0.1) is 0 Å². The third-order valence-electron chi connectivity index (χ3n) is 9.00. The zero-order valence-corrected chi connectivity index (χ0v) is 26.0. The molecule has 1 N–H and O–H groups in total. The SMILES string of the molecule is COC(=O)[C@@H]1C[C@@H]2CN1C(=O)[C@H](C(C)(C)C)NC(=O)O[C@@H]1C[C@H](C)C[C@H]1CCCCC(F)(F)c1nc3ccccc3nc1O2. The summed E-state index contributed by atoms with van der Waals surface area (Å²) in [6, 6.07) is 4.62. The number of alkyl halides is 2. The Morgan fingerprint density at radius 1 is 1.07 bits per heavy atom. The maximum atomic E-state index is 15.9. The van der Waals surface area contributed by atoms with Crippen LogP contribution in [0.4, 0.5) is 13.6 Å². The number of aromatic nitrogens is 2. The molecule has 0 radical (unpaired) electrons. The zero-order valence-electron chi connectivity index (χ0n) is 26.0. The predicted octanol–water partition coefficient (Wildman–Crippen LogP) is 5.37. The van der Waals surface area contributed by atoms with E-state index in [4.69, 9.17) is 14.2 Å². The Kier molecular flexibility index (Phi) is 9.00. The van der Waals surface area contributed by atoms with Gasteiger partial charge in [-0.05, 0) is 55.1 Å². The number of para-hydroxylation sites is 2. The van der Waals surface area contributed by atoms with Crippen LogP contribution < -0.4 is 10.1 Å². The van der Waals surface area contributed by atoms with Crippen molar-refractivity contribution in [2.75, 3.05) is 13.7 Å². The molecule has 240 valence electrons. The minimum Gasteiger partial charge on any atom is -0.471 e. The highest BCUT2D eigenvalue weighted by Crippen LogP contribution is 2.41. The van der Waals surface area contributed by atoms with Crippen LogP contribution in [-0.4, -0.2) is 70.8 Å². The van der Waals surface area contributed by atoms with E-state index in [1.807, 2.05) is 0 Å². The van der Waals surface area contributed by atoms with E-state index >= 15 is 8.78 Å². The van der Waals surface area contributed by atoms with Gasteiger partial charge in [0, 0.05) is 12.8 Å². The number of carbonyl (C=O) groups excluding carboxylic acids is 3. The fourth-order valence-corrected chi connectivity index (χ4v) is 6.73. The monoisotopic (exact) mass is 616 g/mol. The molecular formula is C32H42F2N4O6. The van der Waals surface area contributed by atoms with E-state index in [1.165, 1.54) is 12.0 Å². The summed E-state index contributed by atoms with van der Waals surface area (Å²) in [5.74, 6) is -4.54. The second kappa shape index (κ2) is 12.4. The van der Waals surface area contributed by atoms with Crippen LogP contribution in [-0.2, 0) is 25.0 Å². The molecule has 2 aromatic rings. The van der Waals surface area contributed by atoms with Gasteiger partial charge in [0.1, 0.15) is 24.3 Å². The number of esters is 1. The number of halogens is 2. The number of ether oxygens (including phenoxy) is 3. The topological polar surface area (TPSA) is 120 Å². The summed E-state index contributed by atoms with van der Waals surface area (Å²) in [5.41, 5.74) is -0.613. The van der Waals surface area contributed by atoms with Crippen molar-refractivity contribution in [3.63, 3.8) is 0 Å². The van der Waals surface area contributed by atoms with Crippen LogP contribution in [0.3, 0.4) is 0 Å². The number of hydrogen-bond donors (Lipinski definition) is 1. The first-order valence-electron chi connectivity index (χ1n) is 15.4. The molecule has 1 aromatic carbocycles. The van der Waals surface area contributed by atoms with Crippen molar-refractivity contribution in [3.05, 3.63) is 30.0 Å². The molecule has 10 nitrogen and oxygen atoms in total. The molecule has 2 amide bonds. The Labute approximate surface area is 256 Å². The molecule has 44 heavy (non-hydrogen) atoms. The van der Waals surface area contributed by atoms with E-state index < -0.39 is 59.6 Å². The largest absolute Gasteiger partial charge is 0.471 e. The normalized spacial score (nSPS) is 29.8. The van der Waals surface area contributed by atoms with E-state index in [1.54, 1.807) is 45.0 Å². The lowest BCUT2D eigenvalue weighted by Gasteiger charge is -2.35. The number of rotatable bonds is 1. The molecular weight excluding hydrogens is 574 g/mol. The second-order valence-electron chi connectivity index (χ2n) is 13.5. The summed E-state index contributed by atoms with van der Waals surface area (Å²) < 4.78 is 48.7. The summed E-state index contributed by atoms with van der Waals surface area (Å²) in [6.07, 6.45) is 0.426. The van der Waals surface area contributed by atoms with Crippen molar-refractivity contribution >= 4 is 29.0 Å². The molecule has 1 aromatic heterocycles. The molecule has 3 aliphatic rings. The zero-order chi connectivity index (χ0) is 31.8. The molecule has 1 aliphatic carbocycles. The van der Waals surface area contributed by atoms with E-state index in [0.717, 1.165) is 6.42 Å². The summed E-state index contributed by atoms with van der Waals surface area (Å²) in [4.78, 5) is 50.2. The van der Waals surface area contributed by atoms with Crippen molar-refractivity contribution in [1.82, 2.24) is 20.2 Å². The van der Waals surface area contributed by atoms with Gasteiger partial charge in [0.2, 0.25) is 11.8 Å². The summed E-state index contributed by atoms with van der Waals surface area (Å²) in [7, 11) is 1.21. The van der Waals surface area contributed by atoms with Gasteiger partial charge in [0.15, 0.2) is 5.69 Å². The lowest BCUT2D eigenvalue weighted by molar-refractivity contribution is -0.152. The molecule has 1 saturated heterocycles. The minimum absolute atomic E-state index is 0.0130. The van der Waals surface area contributed by atoms with Crippen LogP contribution in [0.5, 0.6) is 5.88 Å². The van der Waals surface area contributed by atoms with Crippen LogP contribution in [0.15, 0.2) is 24.3 Å². The molecule has 0 spiro atoms. The maximum Gasteiger partial charge on any atom is 0.408 e. The minimum atomic E-state index is -3.34. The Hall–Kier alpha value is -3.57. The van der Waals surface area contributed by atoms with Crippen molar-refractivity contribution in [1.29, 1.82) is 0 Å². The molecule has 0 unspecified atom stereocenters. The molecule has 2 bridgehead atoms.